The molecule has 0 saturated heterocycles. The van der Waals surface area contributed by atoms with Gasteiger partial charge in [0.2, 0.25) is 0 Å². The predicted octanol–water partition coefficient (Wildman–Crippen LogP) is 3.96. The average Bonchev–Trinajstić information content (AvgIpc) is 2.86. The highest BCUT2D eigenvalue weighted by atomic mass is 79.9. The first-order valence-electron chi connectivity index (χ1n) is 7.37. The summed E-state index contributed by atoms with van der Waals surface area (Å²) in [6.07, 6.45) is 0. The smallest absolute Gasteiger partial charge is 0.118 e. The zero-order chi connectivity index (χ0) is 15.6. The van der Waals surface area contributed by atoms with E-state index in [0.29, 0.717) is 5.92 Å². The Kier molecular flexibility index (Phi) is 5.27. The van der Waals surface area contributed by atoms with Crippen molar-refractivity contribution in [3.05, 3.63) is 39.0 Å². The Labute approximate surface area is 135 Å². The minimum absolute atomic E-state index is 0.646. The Hall–Kier alpha value is -1.07. The van der Waals surface area contributed by atoms with E-state index in [1.54, 1.807) is 0 Å². The molecule has 0 spiro atoms. The van der Waals surface area contributed by atoms with Gasteiger partial charge >= 0.3 is 0 Å². The van der Waals surface area contributed by atoms with Crippen molar-refractivity contribution < 1.29 is 4.42 Å². The van der Waals surface area contributed by atoms with Crippen LogP contribution in [0.1, 0.15) is 42.3 Å². The fourth-order valence-corrected chi connectivity index (χ4v) is 2.59. The number of furan rings is 1. The summed E-state index contributed by atoms with van der Waals surface area (Å²) in [6.45, 7) is 13.0. The van der Waals surface area contributed by atoms with Crippen molar-refractivity contribution in [3.8, 4) is 0 Å². The lowest BCUT2D eigenvalue weighted by Gasteiger charge is -2.04. The number of rotatable bonds is 6. The van der Waals surface area contributed by atoms with Crippen molar-refractivity contribution in [2.45, 2.75) is 47.7 Å². The summed E-state index contributed by atoms with van der Waals surface area (Å²) in [7, 11) is 0. The number of aryl methyl sites for hydroxylation is 2. The number of nitrogens with zero attached hydrogens (tertiary/aromatic N) is 2. The molecule has 2 aromatic rings. The number of hydrogen-bond acceptors (Lipinski definition) is 3. The lowest BCUT2D eigenvalue weighted by Crippen LogP contribution is -2.18. The van der Waals surface area contributed by atoms with Gasteiger partial charge in [0.05, 0.1) is 29.0 Å². The SMILES string of the molecule is Cc1nn(Cc2cc(CNCC(C)C)oc2C)c(C)c1Br. The average molecular weight is 354 g/mol. The maximum atomic E-state index is 5.83. The molecule has 0 aliphatic rings. The van der Waals surface area contributed by atoms with E-state index in [1.165, 1.54) is 5.56 Å². The standard InChI is InChI=1S/C16H24BrN3O/c1-10(2)7-18-8-15-6-14(13(5)21-15)9-20-12(4)16(17)11(3)19-20/h6,10,18H,7-9H2,1-5H3. The van der Waals surface area contributed by atoms with E-state index in [1.807, 2.05) is 18.5 Å². The van der Waals surface area contributed by atoms with Gasteiger partial charge in [0.1, 0.15) is 11.5 Å². The van der Waals surface area contributed by atoms with Crippen LogP contribution in [0.4, 0.5) is 0 Å². The molecule has 2 aromatic heterocycles. The highest BCUT2D eigenvalue weighted by Gasteiger charge is 2.13. The molecule has 4 nitrogen and oxygen atoms in total. The van der Waals surface area contributed by atoms with E-state index in [9.17, 15) is 0 Å². The molecule has 0 bridgehead atoms. The summed E-state index contributed by atoms with van der Waals surface area (Å²) in [6, 6.07) is 2.13. The largest absolute Gasteiger partial charge is 0.465 e. The Balaban J connectivity index is 2.07. The van der Waals surface area contributed by atoms with Crippen LogP contribution in [-0.2, 0) is 13.1 Å². The van der Waals surface area contributed by atoms with Crippen LogP contribution in [0, 0.1) is 26.7 Å². The monoisotopic (exact) mass is 353 g/mol. The van der Waals surface area contributed by atoms with E-state index in [0.717, 1.165) is 47.0 Å². The van der Waals surface area contributed by atoms with Crippen molar-refractivity contribution in [2.24, 2.45) is 5.92 Å². The van der Waals surface area contributed by atoms with E-state index >= 15 is 0 Å². The van der Waals surface area contributed by atoms with Gasteiger partial charge in [0.15, 0.2) is 0 Å². The van der Waals surface area contributed by atoms with Gasteiger partial charge in [-0.3, -0.25) is 4.68 Å². The molecule has 2 heterocycles. The first-order valence-corrected chi connectivity index (χ1v) is 8.16. The fraction of sp³-hybridized carbons (Fsp3) is 0.562. The molecular formula is C16H24BrN3O. The molecule has 0 unspecified atom stereocenters. The number of hydrogen-bond donors (Lipinski definition) is 1. The van der Waals surface area contributed by atoms with E-state index in [4.69, 9.17) is 4.42 Å². The molecule has 0 fully saturated rings. The van der Waals surface area contributed by atoms with Gasteiger partial charge in [0, 0.05) is 5.56 Å². The van der Waals surface area contributed by atoms with Gasteiger partial charge in [0.25, 0.3) is 0 Å². The van der Waals surface area contributed by atoms with Crippen molar-refractivity contribution in [1.82, 2.24) is 15.1 Å². The quantitative estimate of drug-likeness (QED) is 0.854. The van der Waals surface area contributed by atoms with Crippen LogP contribution in [0.25, 0.3) is 0 Å². The first-order chi connectivity index (χ1) is 9.88. The summed E-state index contributed by atoms with van der Waals surface area (Å²) < 4.78 is 8.93. The van der Waals surface area contributed by atoms with E-state index in [2.05, 4.69) is 53.2 Å². The highest BCUT2D eigenvalue weighted by molar-refractivity contribution is 9.10. The summed E-state index contributed by atoms with van der Waals surface area (Å²) in [5.41, 5.74) is 3.36. The molecule has 2 rings (SSSR count). The molecule has 0 atom stereocenters. The minimum Gasteiger partial charge on any atom is -0.465 e. The molecule has 0 radical (unpaired) electrons. The normalized spacial score (nSPS) is 11.6. The van der Waals surface area contributed by atoms with Crippen LogP contribution in [0.3, 0.4) is 0 Å². The summed E-state index contributed by atoms with van der Waals surface area (Å²) in [5.74, 6) is 2.61. The van der Waals surface area contributed by atoms with Crippen LogP contribution in [0.5, 0.6) is 0 Å². The number of nitrogens with one attached hydrogen (secondary N) is 1. The molecule has 0 saturated carbocycles. The van der Waals surface area contributed by atoms with Crippen molar-refractivity contribution in [3.63, 3.8) is 0 Å². The fourth-order valence-electron chi connectivity index (χ4n) is 2.31. The summed E-state index contributed by atoms with van der Waals surface area (Å²) >= 11 is 3.57. The Bertz CT molecular complexity index is 613. The first kappa shape index (κ1) is 16.3. The molecule has 5 heteroatoms. The zero-order valence-corrected chi connectivity index (χ0v) is 15.0. The molecule has 21 heavy (non-hydrogen) atoms. The predicted molar refractivity (Wildman–Crippen MR) is 88.5 cm³/mol. The van der Waals surface area contributed by atoms with Crippen LogP contribution in [-0.4, -0.2) is 16.3 Å². The highest BCUT2D eigenvalue weighted by Crippen LogP contribution is 2.22. The van der Waals surface area contributed by atoms with Gasteiger partial charge in [-0.1, -0.05) is 13.8 Å². The molecule has 0 aliphatic heterocycles. The molecule has 0 amide bonds. The third kappa shape index (κ3) is 3.98. The second-order valence-corrected chi connectivity index (χ2v) is 6.75. The molecule has 0 aliphatic carbocycles. The minimum atomic E-state index is 0.646. The third-order valence-corrected chi connectivity index (χ3v) is 4.68. The van der Waals surface area contributed by atoms with Gasteiger partial charge in [-0.05, 0) is 55.2 Å². The Morgan fingerprint density at radius 2 is 2.05 bits per heavy atom. The van der Waals surface area contributed by atoms with Crippen molar-refractivity contribution in [2.75, 3.05) is 6.54 Å². The second-order valence-electron chi connectivity index (χ2n) is 5.96. The van der Waals surface area contributed by atoms with E-state index in [-0.39, 0.29) is 0 Å². The van der Waals surface area contributed by atoms with Gasteiger partial charge in [-0.15, -0.1) is 0 Å². The van der Waals surface area contributed by atoms with E-state index < -0.39 is 0 Å². The molecule has 0 aromatic carbocycles. The van der Waals surface area contributed by atoms with Crippen molar-refractivity contribution in [1.29, 1.82) is 0 Å². The van der Waals surface area contributed by atoms with Crippen LogP contribution >= 0.6 is 15.9 Å². The topological polar surface area (TPSA) is 43.0 Å². The lowest BCUT2D eigenvalue weighted by molar-refractivity contribution is 0.446. The van der Waals surface area contributed by atoms with Gasteiger partial charge in [-0.2, -0.15) is 5.10 Å². The van der Waals surface area contributed by atoms with Gasteiger partial charge in [-0.25, -0.2) is 0 Å². The molecule has 116 valence electrons. The Morgan fingerprint density at radius 3 is 2.62 bits per heavy atom. The van der Waals surface area contributed by atoms with Gasteiger partial charge < -0.3 is 9.73 Å². The Morgan fingerprint density at radius 1 is 1.33 bits per heavy atom. The van der Waals surface area contributed by atoms with Crippen LogP contribution in [0.2, 0.25) is 0 Å². The summed E-state index contributed by atoms with van der Waals surface area (Å²) in [4.78, 5) is 0. The maximum Gasteiger partial charge on any atom is 0.118 e. The molecular weight excluding hydrogens is 330 g/mol. The maximum absolute atomic E-state index is 5.83. The second kappa shape index (κ2) is 6.79. The summed E-state index contributed by atoms with van der Waals surface area (Å²) in [5, 5.41) is 7.96. The molecule has 1 N–H and O–H groups in total. The van der Waals surface area contributed by atoms with Crippen molar-refractivity contribution >= 4 is 15.9 Å². The zero-order valence-electron chi connectivity index (χ0n) is 13.5. The number of halogens is 1. The third-order valence-electron chi connectivity index (χ3n) is 3.54. The lowest BCUT2D eigenvalue weighted by atomic mass is 10.2. The van der Waals surface area contributed by atoms with Crippen LogP contribution < -0.4 is 5.32 Å². The van der Waals surface area contributed by atoms with Crippen LogP contribution in [0.15, 0.2) is 15.0 Å². The number of aromatic nitrogens is 2.